The molecule has 0 rings (SSSR count). The minimum Gasteiger partial charge on any atom is -0.394 e. The SMILES string of the molecule is CC(C[N+](=O)[O-])C(O)CO. The van der Waals surface area contributed by atoms with E-state index in [1.807, 2.05) is 0 Å². The predicted molar refractivity (Wildman–Crippen MR) is 34.1 cm³/mol. The van der Waals surface area contributed by atoms with Crippen LogP contribution in [0.5, 0.6) is 0 Å². The Morgan fingerprint density at radius 3 is 2.50 bits per heavy atom. The lowest BCUT2D eigenvalue weighted by Crippen LogP contribution is -2.27. The molecule has 5 heteroatoms. The van der Waals surface area contributed by atoms with Gasteiger partial charge < -0.3 is 10.2 Å². The molecule has 10 heavy (non-hydrogen) atoms. The highest BCUT2D eigenvalue weighted by Gasteiger charge is 2.17. The number of hydrogen-bond donors (Lipinski definition) is 2. The van der Waals surface area contributed by atoms with Crippen molar-refractivity contribution in [1.29, 1.82) is 0 Å². The lowest BCUT2D eigenvalue weighted by atomic mass is 10.1. The molecule has 2 unspecified atom stereocenters. The fourth-order valence-corrected chi connectivity index (χ4v) is 0.537. The zero-order chi connectivity index (χ0) is 8.15. The average Bonchev–Trinajstić information content (AvgIpc) is 1.85. The molecular formula is C5H11NO4. The van der Waals surface area contributed by atoms with Crippen LogP contribution in [0.4, 0.5) is 0 Å². The first kappa shape index (κ1) is 9.32. The molecule has 0 radical (unpaired) electrons. The summed E-state index contributed by atoms with van der Waals surface area (Å²) in [5.41, 5.74) is 0. The molecule has 0 aromatic rings. The molecule has 2 atom stereocenters. The summed E-state index contributed by atoms with van der Waals surface area (Å²) in [4.78, 5) is 9.33. The Kier molecular flexibility index (Phi) is 3.90. The summed E-state index contributed by atoms with van der Waals surface area (Å²) >= 11 is 0. The van der Waals surface area contributed by atoms with Gasteiger partial charge in [-0.3, -0.25) is 10.1 Å². The maximum atomic E-state index is 9.84. The maximum Gasteiger partial charge on any atom is 0.208 e. The molecule has 60 valence electrons. The van der Waals surface area contributed by atoms with Crippen molar-refractivity contribution < 1.29 is 15.1 Å². The lowest BCUT2D eigenvalue weighted by Gasteiger charge is -2.10. The zero-order valence-corrected chi connectivity index (χ0v) is 5.73. The van der Waals surface area contributed by atoms with Crippen molar-refractivity contribution in [1.82, 2.24) is 0 Å². The quantitative estimate of drug-likeness (QED) is 0.407. The molecule has 0 heterocycles. The van der Waals surface area contributed by atoms with Gasteiger partial charge >= 0.3 is 0 Å². The predicted octanol–water partition coefficient (Wildman–Crippen LogP) is -0.748. The fraction of sp³-hybridized carbons (Fsp3) is 1.00. The Morgan fingerprint density at radius 1 is 1.70 bits per heavy atom. The number of aliphatic hydroxyl groups excluding tert-OH is 2. The first-order chi connectivity index (χ1) is 4.57. The van der Waals surface area contributed by atoms with Gasteiger partial charge in [0.25, 0.3) is 0 Å². The van der Waals surface area contributed by atoms with E-state index in [9.17, 15) is 10.1 Å². The Balaban J connectivity index is 3.61. The molecule has 0 fully saturated rings. The molecule has 0 amide bonds. The molecule has 0 aromatic carbocycles. The summed E-state index contributed by atoms with van der Waals surface area (Å²) in [6, 6.07) is 0. The summed E-state index contributed by atoms with van der Waals surface area (Å²) in [5, 5.41) is 27.0. The molecule has 2 N–H and O–H groups in total. The minimum absolute atomic E-state index is 0.304. The van der Waals surface area contributed by atoms with E-state index in [1.54, 1.807) is 0 Å². The third-order valence-electron chi connectivity index (χ3n) is 1.28. The molecule has 0 bridgehead atoms. The molecule has 0 aromatic heterocycles. The maximum absolute atomic E-state index is 9.84. The van der Waals surface area contributed by atoms with E-state index in [0.29, 0.717) is 0 Å². The standard InChI is InChI=1S/C5H11NO4/c1-4(2-6(9)10)5(8)3-7/h4-5,7-8H,2-3H2,1H3. The molecule has 0 aliphatic carbocycles. The first-order valence-corrected chi connectivity index (χ1v) is 2.98. The number of nitro groups is 1. The summed E-state index contributed by atoms with van der Waals surface area (Å²) < 4.78 is 0. The van der Waals surface area contributed by atoms with Gasteiger partial charge in [-0.25, -0.2) is 0 Å². The van der Waals surface area contributed by atoms with Crippen LogP contribution in [-0.2, 0) is 0 Å². The fourth-order valence-electron chi connectivity index (χ4n) is 0.537. The van der Waals surface area contributed by atoms with Gasteiger partial charge in [0.05, 0.1) is 12.7 Å². The molecule has 0 aliphatic rings. The van der Waals surface area contributed by atoms with Crippen LogP contribution in [-0.4, -0.2) is 34.4 Å². The normalized spacial score (nSPS) is 16.3. The smallest absolute Gasteiger partial charge is 0.208 e. The van der Waals surface area contributed by atoms with Crippen molar-refractivity contribution in [3.63, 3.8) is 0 Å². The molecule has 0 saturated heterocycles. The molecular weight excluding hydrogens is 138 g/mol. The van der Waals surface area contributed by atoms with Crippen molar-refractivity contribution in [2.75, 3.05) is 13.2 Å². The van der Waals surface area contributed by atoms with E-state index in [2.05, 4.69) is 0 Å². The third-order valence-corrected chi connectivity index (χ3v) is 1.28. The number of nitrogens with zero attached hydrogens (tertiary/aromatic N) is 1. The Bertz CT molecular complexity index is 116. The van der Waals surface area contributed by atoms with E-state index in [0.717, 1.165) is 0 Å². The molecule has 0 saturated carbocycles. The average molecular weight is 149 g/mol. The third kappa shape index (κ3) is 3.37. The van der Waals surface area contributed by atoms with E-state index in [1.165, 1.54) is 6.92 Å². The number of rotatable bonds is 4. The highest BCUT2D eigenvalue weighted by molar-refractivity contribution is 4.60. The van der Waals surface area contributed by atoms with Crippen LogP contribution in [0.3, 0.4) is 0 Å². The topological polar surface area (TPSA) is 83.6 Å². The minimum atomic E-state index is -0.981. The Morgan fingerprint density at radius 2 is 2.20 bits per heavy atom. The van der Waals surface area contributed by atoms with Crippen molar-refractivity contribution >= 4 is 0 Å². The van der Waals surface area contributed by atoms with Crippen LogP contribution < -0.4 is 0 Å². The van der Waals surface area contributed by atoms with Gasteiger partial charge in [-0.05, 0) is 0 Å². The summed E-state index contributed by atoms with van der Waals surface area (Å²) in [6.45, 7) is 0.792. The highest BCUT2D eigenvalue weighted by atomic mass is 16.6. The van der Waals surface area contributed by atoms with Gasteiger partial charge in [-0.2, -0.15) is 0 Å². The van der Waals surface area contributed by atoms with E-state index >= 15 is 0 Å². The molecule has 0 aliphatic heterocycles. The zero-order valence-electron chi connectivity index (χ0n) is 5.73. The van der Waals surface area contributed by atoms with E-state index in [-0.39, 0.29) is 6.54 Å². The van der Waals surface area contributed by atoms with Crippen LogP contribution in [0, 0.1) is 16.0 Å². The highest BCUT2D eigenvalue weighted by Crippen LogP contribution is 2.01. The summed E-state index contributed by atoms with van der Waals surface area (Å²) in [6.07, 6.45) is -0.981. The van der Waals surface area contributed by atoms with Crippen LogP contribution in [0.1, 0.15) is 6.92 Å². The van der Waals surface area contributed by atoms with Crippen molar-refractivity contribution in [3.05, 3.63) is 10.1 Å². The van der Waals surface area contributed by atoms with Gasteiger partial charge in [-0.1, -0.05) is 6.92 Å². The van der Waals surface area contributed by atoms with Gasteiger partial charge in [0.2, 0.25) is 6.54 Å². The van der Waals surface area contributed by atoms with Crippen LogP contribution in [0.15, 0.2) is 0 Å². The number of hydrogen-bond acceptors (Lipinski definition) is 4. The van der Waals surface area contributed by atoms with Crippen molar-refractivity contribution in [2.45, 2.75) is 13.0 Å². The summed E-state index contributed by atoms with van der Waals surface area (Å²) in [7, 11) is 0. The summed E-state index contributed by atoms with van der Waals surface area (Å²) in [5.74, 6) is -0.486. The van der Waals surface area contributed by atoms with Gasteiger partial charge in [0, 0.05) is 10.8 Å². The second-order valence-electron chi connectivity index (χ2n) is 2.24. The van der Waals surface area contributed by atoms with Crippen LogP contribution >= 0.6 is 0 Å². The Hall–Kier alpha value is -0.680. The van der Waals surface area contributed by atoms with E-state index < -0.39 is 23.6 Å². The van der Waals surface area contributed by atoms with Crippen LogP contribution in [0.25, 0.3) is 0 Å². The van der Waals surface area contributed by atoms with E-state index in [4.69, 9.17) is 10.2 Å². The van der Waals surface area contributed by atoms with Crippen molar-refractivity contribution in [3.8, 4) is 0 Å². The largest absolute Gasteiger partial charge is 0.394 e. The second kappa shape index (κ2) is 4.19. The second-order valence-corrected chi connectivity index (χ2v) is 2.24. The van der Waals surface area contributed by atoms with Gasteiger partial charge in [0.1, 0.15) is 0 Å². The lowest BCUT2D eigenvalue weighted by molar-refractivity contribution is -0.489. The molecule has 5 nitrogen and oxygen atoms in total. The van der Waals surface area contributed by atoms with Gasteiger partial charge in [0.15, 0.2) is 0 Å². The monoisotopic (exact) mass is 149 g/mol. The number of aliphatic hydroxyl groups is 2. The Labute approximate surface area is 58.4 Å². The van der Waals surface area contributed by atoms with Crippen LogP contribution in [0.2, 0.25) is 0 Å². The first-order valence-electron chi connectivity index (χ1n) is 2.98. The van der Waals surface area contributed by atoms with Crippen molar-refractivity contribution in [2.24, 2.45) is 5.92 Å². The molecule has 0 spiro atoms. The van der Waals surface area contributed by atoms with Gasteiger partial charge in [-0.15, -0.1) is 0 Å².